The van der Waals surface area contributed by atoms with Gasteiger partial charge in [0.1, 0.15) is 5.75 Å². The van der Waals surface area contributed by atoms with Crippen molar-refractivity contribution in [1.29, 1.82) is 0 Å². The van der Waals surface area contributed by atoms with Crippen LogP contribution in [0.5, 0.6) is 5.75 Å². The van der Waals surface area contributed by atoms with Crippen LogP contribution in [-0.2, 0) is 17.6 Å². The van der Waals surface area contributed by atoms with Crippen molar-refractivity contribution in [3.8, 4) is 5.75 Å². The molecule has 146 valence electrons. The molecule has 0 bridgehead atoms. The van der Waals surface area contributed by atoms with Crippen LogP contribution >= 0.6 is 11.8 Å². The van der Waals surface area contributed by atoms with Crippen LogP contribution in [0.3, 0.4) is 0 Å². The van der Waals surface area contributed by atoms with E-state index in [-0.39, 0.29) is 11.1 Å². The zero-order valence-electron chi connectivity index (χ0n) is 15.8. The van der Waals surface area contributed by atoms with E-state index in [9.17, 15) is 14.7 Å². The van der Waals surface area contributed by atoms with E-state index in [0.717, 1.165) is 46.4 Å². The van der Waals surface area contributed by atoms with Crippen molar-refractivity contribution < 1.29 is 19.4 Å². The van der Waals surface area contributed by atoms with Gasteiger partial charge in [-0.2, -0.15) is 0 Å². The van der Waals surface area contributed by atoms with Crippen molar-refractivity contribution in [3.05, 3.63) is 63.8 Å². The Bertz CT molecular complexity index is 907. The molecule has 1 aromatic heterocycles. The maximum Gasteiger partial charge on any atom is 0.290 e. The minimum atomic E-state index is -0.520. The Balaban J connectivity index is 1.56. The van der Waals surface area contributed by atoms with E-state index < -0.39 is 6.10 Å². The molecular formula is C21H22N2O4S. The third-order valence-corrected chi connectivity index (χ3v) is 5.11. The first-order chi connectivity index (χ1) is 13.5. The fourth-order valence-electron chi connectivity index (χ4n) is 2.87. The van der Waals surface area contributed by atoms with Gasteiger partial charge in [0.05, 0.1) is 17.6 Å². The van der Waals surface area contributed by atoms with Crippen molar-refractivity contribution in [3.63, 3.8) is 0 Å². The number of aryl methyl sites for hydroxylation is 1. The average molecular weight is 398 g/mol. The zero-order valence-corrected chi connectivity index (χ0v) is 16.6. The number of carbonyl (C=O) groups is 2. The average Bonchev–Trinajstić information content (AvgIpc) is 2.99. The van der Waals surface area contributed by atoms with Gasteiger partial charge >= 0.3 is 0 Å². The number of pyridine rings is 1. The molecule has 0 unspecified atom stereocenters. The van der Waals surface area contributed by atoms with E-state index in [0.29, 0.717) is 17.9 Å². The second-order valence-electron chi connectivity index (χ2n) is 6.39. The van der Waals surface area contributed by atoms with Gasteiger partial charge in [0, 0.05) is 23.4 Å². The second-order valence-corrected chi connectivity index (χ2v) is 7.40. The normalized spacial score (nSPS) is 16.3. The summed E-state index contributed by atoms with van der Waals surface area (Å²) < 4.78 is 5.78. The van der Waals surface area contributed by atoms with Gasteiger partial charge in [-0.3, -0.25) is 19.9 Å². The molecule has 0 aliphatic carbocycles. The van der Waals surface area contributed by atoms with E-state index in [1.807, 2.05) is 43.3 Å². The first kappa shape index (κ1) is 20.1. The maximum absolute atomic E-state index is 11.6. The lowest BCUT2D eigenvalue weighted by Gasteiger charge is -2.12. The number of amides is 2. The first-order valence-corrected chi connectivity index (χ1v) is 9.92. The summed E-state index contributed by atoms with van der Waals surface area (Å²) in [4.78, 5) is 27.8. The summed E-state index contributed by atoms with van der Waals surface area (Å²) in [6.45, 7) is 4.25. The summed E-state index contributed by atoms with van der Waals surface area (Å²) in [7, 11) is 0. The van der Waals surface area contributed by atoms with Gasteiger partial charge in [-0.05, 0) is 54.9 Å². The van der Waals surface area contributed by atoms with Crippen LogP contribution < -0.4 is 10.1 Å². The van der Waals surface area contributed by atoms with Crippen LogP contribution in [0.4, 0.5) is 4.79 Å². The van der Waals surface area contributed by atoms with Gasteiger partial charge in [-0.15, -0.1) is 0 Å². The van der Waals surface area contributed by atoms with Crippen LogP contribution in [0.1, 0.15) is 42.5 Å². The molecule has 1 aromatic carbocycles. The Morgan fingerprint density at radius 2 is 1.96 bits per heavy atom. The minimum Gasteiger partial charge on any atom is -0.493 e. The number of aliphatic hydroxyl groups excluding tert-OH is 1. The van der Waals surface area contributed by atoms with Gasteiger partial charge < -0.3 is 9.84 Å². The Kier molecular flexibility index (Phi) is 6.49. The minimum absolute atomic E-state index is 0.350. The van der Waals surface area contributed by atoms with Crippen molar-refractivity contribution in [2.45, 2.75) is 32.8 Å². The maximum atomic E-state index is 11.6. The van der Waals surface area contributed by atoms with E-state index in [1.54, 1.807) is 13.0 Å². The predicted molar refractivity (Wildman–Crippen MR) is 109 cm³/mol. The SMILES string of the molecule is CCc1nc(CCOc2ccc(/C=C3\SC(=O)NC3=O)cc2)ccc1[C@@H](C)O. The molecular weight excluding hydrogens is 376 g/mol. The molecule has 2 N–H and O–H groups in total. The van der Waals surface area contributed by atoms with Crippen LogP contribution in [0, 0.1) is 0 Å². The number of aromatic nitrogens is 1. The Hall–Kier alpha value is -2.64. The van der Waals surface area contributed by atoms with Crippen molar-refractivity contribution in [2.24, 2.45) is 0 Å². The molecule has 2 amide bonds. The van der Waals surface area contributed by atoms with Gasteiger partial charge in [-0.1, -0.05) is 25.1 Å². The largest absolute Gasteiger partial charge is 0.493 e. The highest BCUT2D eigenvalue weighted by atomic mass is 32.2. The summed E-state index contributed by atoms with van der Waals surface area (Å²) in [6, 6.07) is 11.2. The third-order valence-electron chi connectivity index (χ3n) is 4.30. The molecule has 0 spiro atoms. The molecule has 3 rings (SSSR count). The smallest absolute Gasteiger partial charge is 0.290 e. The number of hydrogen-bond acceptors (Lipinski definition) is 6. The molecule has 28 heavy (non-hydrogen) atoms. The number of thioether (sulfide) groups is 1. The van der Waals surface area contributed by atoms with E-state index >= 15 is 0 Å². The number of ether oxygens (including phenoxy) is 1. The number of nitrogens with zero attached hydrogens (tertiary/aromatic N) is 1. The zero-order chi connectivity index (χ0) is 20.1. The molecule has 2 heterocycles. The van der Waals surface area contributed by atoms with Gasteiger partial charge in [-0.25, -0.2) is 0 Å². The number of carbonyl (C=O) groups excluding carboxylic acids is 2. The highest BCUT2D eigenvalue weighted by Gasteiger charge is 2.24. The van der Waals surface area contributed by atoms with Gasteiger partial charge in [0.2, 0.25) is 0 Å². The van der Waals surface area contributed by atoms with Crippen LogP contribution in [-0.4, -0.2) is 27.8 Å². The topological polar surface area (TPSA) is 88.5 Å². The molecule has 7 heteroatoms. The lowest BCUT2D eigenvalue weighted by Crippen LogP contribution is -2.17. The molecule has 0 radical (unpaired) electrons. The fourth-order valence-corrected chi connectivity index (χ4v) is 3.55. The summed E-state index contributed by atoms with van der Waals surface area (Å²) in [6.07, 6.45) is 2.59. The molecule has 1 atom stereocenters. The number of nitrogens with one attached hydrogen (secondary N) is 1. The van der Waals surface area contributed by atoms with E-state index in [2.05, 4.69) is 10.3 Å². The monoisotopic (exact) mass is 398 g/mol. The lowest BCUT2D eigenvalue weighted by atomic mass is 10.1. The second kappa shape index (κ2) is 9.03. The summed E-state index contributed by atoms with van der Waals surface area (Å²) in [5.41, 5.74) is 3.53. The van der Waals surface area contributed by atoms with Crippen LogP contribution in [0.2, 0.25) is 0 Å². The summed E-state index contributed by atoms with van der Waals surface area (Å²) in [5, 5.41) is 11.7. The van der Waals surface area contributed by atoms with Gasteiger partial charge in [0.15, 0.2) is 0 Å². The first-order valence-electron chi connectivity index (χ1n) is 9.10. The van der Waals surface area contributed by atoms with E-state index in [1.165, 1.54) is 0 Å². The number of aliphatic hydroxyl groups is 1. The molecule has 1 saturated heterocycles. The molecule has 1 aliphatic heterocycles. The Labute approximate surface area is 168 Å². The number of benzene rings is 1. The molecule has 1 fully saturated rings. The number of imide groups is 1. The molecule has 0 saturated carbocycles. The third kappa shape index (κ3) is 4.99. The van der Waals surface area contributed by atoms with Crippen LogP contribution in [0.15, 0.2) is 41.3 Å². The highest BCUT2D eigenvalue weighted by Crippen LogP contribution is 2.26. The van der Waals surface area contributed by atoms with Crippen molar-refractivity contribution in [2.75, 3.05) is 6.61 Å². The highest BCUT2D eigenvalue weighted by molar-refractivity contribution is 8.18. The number of hydrogen-bond donors (Lipinski definition) is 2. The fraction of sp³-hybridized carbons (Fsp3) is 0.286. The van der Waals surface area contributed by atoms with Crippen molar-refractivity contribution in [1.82, 2.24) is 10.3 Å². The van der Waals surface area contributed by atoms with Crippen LogP contribution in [0.25, 0.3) is 6.08 Å². The van der Waals surface area contributed by atoms with E-state index in [4.69, 9.17) is 4.74 Å². The molecule has 2 aromatic rings. The molecule has 1 aliphatic rings. The Morgan fingerprint density at radius 1 is 1.21 bits per heavy atom. The Morgan fingerprint density at radius 3 is 2.57 bits per heavy atom. The quantitative estimate of drug-likeness (QED) is 0.692. The lowest BCUT2D eigenvalue weighted by molar-refractivity contribution is -0.115. The van der Waals surface area contributed by atoms with Gasteiger partial charge in [0.25, 0.3) is 11.1 Å². The summed E-state index contributed by atoms with van der Waals surface area (Å²) in [5.74, 6) is 0.356. The number of rotatable bonds is 7. The molecule has 6 nitrogen and oxygen atoms in total. The van der Waals surface area contributed by atoms with Crippen molar-refractivity contribution >= 4 is 29.0 Å². The standard InChI is InChI=1S/C21H22N2O4S/c1-3-18-17(13(2)24)9-6-15(22-18)10-11-27-16-7-4-14(5-8-16)12-19-20(25)23-21(26)28-19/h4-9,12-13,24H,3,10-11H2,1-2H3,(H,23,25,26)/b19-12-/t13-/m1/s1. The summed E-state index contributed by atoms with van der Waals surface area (Å²) >= 11 is 0.897. The predicted octanol–water partition coefficient (Wildman–Crippen LogP) is 3.64.